The van der Waals surface area contributed by atoms with Crippen LogP contribution in [0.4, 0.5) is 11.6 Å². The van der Waals surface area contributed by atoms with Gasteiger partial charge in [-0.05, 0) is 50.2 Å². The second-order valence-corrected chi connectivity index (χ2v) is 11.3. The Hall–Kier alpha value is -3.49. The maximum absolute atomic E-state index is 12.3. The number of hydrogen-bond acceptors (Lipinski definition) is 9. The summed E-state index contributed by atoms with van der Waals surface area (Å²) >= 11 is 0. The number of rotatable bonds is 10. The quantitative estimate of drug-likeness (QED) is 0.383. The molecule has 0 spiro atoms. The van der Waals surface area contributed by atoms with Gasteiger partial charge in [-0.15, -0.1) is 10.2 Å². The predicted octanol–water partition coefficient (Wildman–Crippen LogP) is 3.25. The molecule has 10 nitrogen and oxygen atoms in total. The number of nitrogens with one attached hydrogen (secondary N) is 2. The number of aromatic nitrogens is 3. The summed E-state index contributed by atoms with van der Waals surface area (Å²) in [5.74, 6) is 1.57. The Morgan fingerprint density at radius 1 is 1.29 bits per heavy atom. The first-order valence-corrected chi connectivity index (χ1v) is 13.1. The minimum atomic E-state index is -3.68. The van der Waals surface area contributed by atoms with E-state index in [1.807, 2.05) is 36.4 Å². The molecule has 1 fully saturated rings. The van der Waals surface area contributed by atoms with Crippen LogP contribution in [-0.4, -0.2) is 35.9 Å². The van der Waals surface area contributed by atoms with E-state index in [9.17, 15) is 13.7 Å². The Morgan fingerprint density at radius 3 is 2.63 bits per heavy atom. The summed E-state index contributed by atoms with van der Waals surface area (Å²) in [4.78, 5) is 4.36. The molecule has 184 valence electrons. The van der Waals surface area contributed by atoms with E-state index >= 15 is 0 Å². The zero-order valence-corrected chi connectivity index (χ0v) is 20.8. The third-order valence-corrected chi connectivity index (χ3v) is 7.41. The van der Waals surface area contributed by atoms with E-state index in [4.69, 9.17) is 10.2 Å². The van der Waals surface area contributed by atoms with E-state index in [0.29, 0.717) is 30.6 Å². The third kappa shape index (κ3) is 5.78. The van der Waals surface area contributed by atoms with E-state index in [2.05, 4.69) is 32.1 Å². The highest BCUT2D eigenvalue weighted by Crippen LogP contribution is 2.38. The van der Waals surface area contributed by atoms with Gasteiger partial charge in [0.25, 0.3) is 0 Å². The van der Waals surface area contributed by atoms with Gasteiger partial charge < -0.3 is 15.5 Å². The molecule has 4 N–H and O–H groups in total. The number of benzene rings is 1. The highest BCUT2D eigenvalue weighted by molar-refractivity contribution is 7.92. The Bertz CT molecular complexity index is 1350. The van der Waals surface area contributed by atoms with E-state index in [0.717, 1.165) is 12.0 Å². The van der Waals surface area contributed by atoms with Crippen molar-refractivity contribution in [2.75, 3.05) is 22.3 Å². The first kappa shape index (κ1) is 24.6. The summed E-state index contributed by atoms with van der Waals surface area (Å²) in [5, 5.41) is 21.4. The number of hydrogen-bond donors (Lipinski definition) is 3. The highest BCUT2D eigenvalue weighted by Gasteiger charge is 2.33. The van der Waals surface area contributed by atoms with Crippen LogP contribution in [0.25, 0.3) is 11.5 Å². The molecule has 0 saturated heterocycles. The van der Waals surface area contributed by atoms with Crippen molar-refractivity contribution in [1.82, 2.24) is 15.2 Å². The molecule has 11 heteroatoms. The summed E-state index contributed by atoms with van der Waals surface area (Å²) in [5.41, 5.74) is 6.84. The summed E-state index contributed by atoms with van der Waals surface area (Å²) in [6.45, 7) is 6.15. The maximum Gasteiger partial charge on any atom is 0.249 e. The van der Waals surface area contributed by atoms with Crippen molar-refractivity contribution < 1.29 is 12.8 Å². The molecule has 3 atom stereocenters. The molecule has 0 radical (unpaired) electrons. The lowest BCUT2D eigenvalue weighted by molar-refractivity contribution is 0.355. The van der Waals surface area contributed by atoms with Crippen LogP contribution in [0, 0.1) is 23.2 Å². The molecular formula is C24H29N7O3S. The van der Waals surface area contributed by atoms with Crippen molar-refractivity contribution in [3.8, 4) is 17.5 Å². The minimum absolute atomic E-state index is 0.00986. The zero-order valence-electron chi connectivity index (χ0n) is 19.9. The van der Waals surface area contributed by atoms with Gasteiger partial charge in [-0.3, -0.25) is 4.72 Å². The van der Waals surface area contributed by atoms with Crippen LogP contribution in [0.2, 0.25) is 0 Å². The van der Waals surface area contributed by atoms with Crippen LogP contribution in [-0.2, 0) is 22.0 Å². The number of nitrogens with zero attached hydrogens (tertiary/aromatic N) is 4. The molecule has 3 unspecified atom stereocenters. The van der Waals surface area contributed by atoms with Crippen molar-refractivity contribution in [3.05, 3.63) is 53.4 Å². The fourth-order valence-electron chi connectivity index (χ4n) is 3.79. The van der Waals surface area contributed by atoms with E-state index < -0.39 is 15.6 Å². The Morgan fingerprint density at radius 2 is 2.00 bits per heavy atom. The molecule has 0 aliphatic heterocycles. The average Bonchev–Trinajstić information content (AvgIpc) is 3.30. The normalized spacial score (nSPS) is 18.9. The van der Waals surface area contributed by atoms with Gasteiger partial charge >= 0.3 is 0 Å². The van der Waals surface area contributed by atoms with Gasteiger partial charge in [0.1, 0.15) is 17.5 Å². The van der Waals surface area contributed by atoms with E-state index in [-0.39, 0.29) is 34.5 Å². The fourth-order valence-corrected chi connectivity index (χ4v) is 4.37. The minimum Gasteiger partial charge on any atom is -0.419 e. The van der Waals surface area contributed by atoms with Gasteiger partial charge in [-0.2, -0.15) is 5.26 Å². The van der Waals surface area contributed by atoms with Crippen LogP contribution in [0.1, 0.15) is 44.2 Å². The molecule has 3 aromatic rings. The van der Waals surface area contributed by atoms with Crippen molar-refractivity contribution in [2.45, 2.75) is 39.2 Å². The van der Waals surface area contributed by atoms with Crippen LogP contribution in [0.5, 0.6) is 0 Å². The lowest BCUT2D eigenvalue weighted by Crippen LogP contribution is -2.35. The first-order valence-electron chi connectivity index (χ1n) is 11.5. The van der Waals surface area contributed by atoms with Gasteiger partial charge in [0.05, 0.1) is 16.9 Å². The molecule has 1 aliphatic rings. The number of pyridine rings is 1. The molecule has 2 aromatic heterocycles. The molecule has 35 heavy (non-hydrogen) atoms. The van der Waals surface area contributed by atoms with Gasteiger partial charge in [-0.25, -0.2) is 13.4 Å². The van der Waals surface area contributed by atoms with Crippen LogP contribution in [0.3, 0.4) is 0 Å². The number of nitriles is 1. The Kier molecular flexibility index (Phi) is 6.78. The molecule has 1 saturated carbocycles. The largest absolute Gasteiger partial charge is 0.419 e. The molecular weight excluding hydrogens is 466 g/mol. The Labute approximate surface area is 205 Å². The van der Waals surface area contributed by atoms with Gasteiger partial charge in [0.2, 0.25) is 21.8 Å². The lowest BCUT2D eigenvalue weighted by atomic mass is 9.94. The molecule has 4 rings (SSSR count). The smallest absolute Gasteiger partial charge is 0.249 e. The number of sulfonamides is 1. The molecule has 0 amide bonds. The third-order valence-electron chi connectivity index (χ3n) is 6.14. The first-order chi connectivity index (χ1) is 16.6. The summed E-state index contributed by atoms with van der Waals surface area (Å²) in [7, 11) is -3.68. The number of nitrogens with two attached hydrogens (primary N) is 1. The highest BCUT2D eigenvalue weighted by atomic mass is 32.2. The monoisotopic (exact) mass is 495 g/mol. The topological polar surface area (TPSA) is 160 Å². The van der Waals surface area contributed by atoms with Crippen LogP contribution < -0.4 is 15.8 Å². The maximum atomic E-state index is 12.3. The van der Waals surface area contributed by atoms with Crippen molar-refractivity contribution >= 4 is 21.7 Å². The zero-order chi connectivity index (χ0) is 25.2. The standard InChI is InChI=1S/C24H29N7O3S/c1-4-35(32,33)31-21-19(13-25)18(11-20(28-21)27-14-17-10-15(17)2)22-29-30-23(34-22)24(3,26)12-16-8-6-5-7-9-16/h5-9,11,15,17H,4,10,12,14,26H2,1-3H3,(H2,27,28,31). The summed E-state index contributed by atoms with van der Waals surface area (Å²) < 4.78 is 32.9. The van der Waals surface area contributed by atoms with Gasteiger partial charge in [-0.1, -0.05) is 37.3 Å². The molecule has 1 aliphatic carbocycles. The molecule has 1 aromatic carbocycles. The Balaban J connectivity index is 1.71. The second-order valence-electron chi connectivity index (χ2n) is 9.24. The molecule has 0 bridgehead atoms. The van der Waals surface area contributed by atoms with Crippen LogP contribution >= 0.6 is 0 Å². The van der Waals surface area contributed by atoms with Crippen LogP contribution in [0.15, 0.2) is 40.8 Å². The average molecular weight is 496 g/mol. The van der Waals surface area contributed by atoms with Gasteiger partial charge in [0, 0.05) is 6.54 Å². The summed E-state index contributed by atoms with van der Waals surface area (Å²) in [6.07, 6.45) is 1.58. The lowest BCUT2D eigenvalue weighted by Gasteiger charge is -2.20. The van der Waals surface area contributed by atoms with Gasteiger partial charge in [0.15, 0.2) is 5.82 Å². The predicted molar refractivity (Wildman–Crippen MR) is 133 cm³/mol. The summed E-state index contributed by atoms with van der Waals surface area (Å²) in [6, 6.07) is 13.4. The van der Waals surface area contributed by atoms with E-state index in [1.165, 1.54) is 6.92 Å². The fraction of sp³-hybridized carbons (Fsp3) is 0.417. The van der Waals surface area contributed by atoms with E-state index in [1.54, 1.807) is 13.0 Å². The van der Waals surface area contributed by atoms with Crippen molar-refractivity contribution in [3.63, 3.8) is 0 Å². The SMILES string of the molecule is CCS(=O)(=O)Nc1nc(NCC2CC2C)cc(-c2nnc(C(C)(N)Cc3ccccc3)o2)c1C#N. The van der Waals surface area contributed by atoms with Crippen molar-refractivity contribution in [2.24, 2.45) is 17.6 Å². The number of anilines is 2. The van der Waals surface area contributed by atoms with Crippen molar-refractivity contribution in [1.29, 1.82) is 5.26 Å². The second kappa shape index (κ2) is 9.64. The molecule has 2 heterocycles.